The SMILES string of the molecule is COCCn1cnnc1-c1cccc(C)n1. The van der Waals surface area contributed by atoms with Crippen LogP contribution in [0.15, 0.2) is 24.5 Å². The normalized spacial score (nSPS) is 10.6. The van der Waals surface area contributed by atoms with Gasteiger partial charge in [0.05, 0.1) is 6.61 Å². The third-order valence-electron chi connectivity index (χ3n) is 2.27. The highest BCUT2D eigenvalue weighted by Gasteiger charge is 2.07. The first-order valence-electron chi connectivity index (χ1n) is 5.12. The molecule has 16 heavy (non-hydrogen) atoms. The molecule has 0 N–H and O–H groups in total. The van der Waals surface area contributed by atoms with Gasteiger partial charge in [-0.05, 0) is 19.1 Å². The Morgan fingerprint density at radius 3 is 3.00 bits per heavy atom. The summed E-state index contributed by atoms with van der Waals surface area (Å²) in [5.74, 6) is 0.778. The van der Waals surface area contributed by atoms with Crippen molar-refractivity contribution in [3.63, 3.8) is 0 Å². The molecule has 84 valence electrons. The zero-order valence-corrected chi connectivity index (χ0v) is 9.42. The van der Waals surface area contributed by atoms with Gasteiger partial charge in [0.1, 0.15) is 12.0 Å². The fraction of sp³-hybridized carbons (Fsp3) is 0.364. The number of pyridine rings is 1. The Bertz CT molecular complexity index is 467. The van der Waals surface area contributed by atoms with Crippen molar-refractivity contribution in [2.75, 3.05) is 13.7 Å². The number of ether oxygens (including phenoxy) is 1. The van der Waals surface area contributed by atoms with E-state index in [2.05, 4.69) is 15.2 Å². The zero-order valence-electron chi connectivity index (χ0n) is 9.42. The van der Waals surface area contributed by atoms with Crippen LogP contribution in [-0.2, 0) is 11.3 Å². The lowest BCUT2D eigenvalue weighted by Crippen LogP contribution is -2.05. The maximum absolute atomic E-state index is 5.03. The summed E-state index contributed by atoms with van der Waals surface area (Å²) >= 11 is 0. The Labute approximate surface area is 94.1 Å². The van der Waals surface area contributed by atoms with Gasteiger partial charge in [0.2, 0.25) is 0 Å². The maximum Gasteiger partial charge on any atom is 0.182 e. The van der Waals surface area contributed by atoms with Crippen molar-refractivity contribution in [2.24, 2.45) is 0 Å². The number of hydrogen-bond donors (Lipinski definition) is 0. The number of hydrogen-bond acceptors (Lipinski definition) is 4. The first kappa shape index (κ1) is 10.8. The molecule has 0 aliphatic heterocycles. The molecule has 2 aromatic rings. The molecule has 2 heterocycles. The predicted molar refractivity (Wildman–Crippen MR) is 59.9 cm³/mol. The molecule has 0 unspecified atom stereocenters. The standard InChI is InChI=1S/C11H14N4O/c1-9-4-3-5-10(13-9)11-14-12-8-15(11)6-7-16-2/h3-5,8H,6-7H2,1-2H3. The Balaban J connectivity index is 2.29. The topological polar surface area (TPSA) is 52.8 Å². The monoisotopic (exact) mass is 218 g/mol. The zero-order chi connectivity index (χ0) is 11.4. The average molecular weight is 218 g/mol. The van der Waals surface area contributed by atoms with Gasteiger partial charge in [0.15, 0.2) is 5.82 Å². The molecular weight excluding hydrogens is 204 g/mol. The van der Waals surface area contributed by atoms with E-state index in [1.54, 1.807) is 13.4 Å². The van der Waals surface area contributed by atoms with E-state index >= 15 is 0 Å². The first-order chi connectivity index (χ1) is 7.81. The molecule has 0 amide bonds. The lowest BCUT2D eigenvalue weighted by Gasteiger charge is -2.05. The first-order valence-corrected chi connectivity index (χ1v) is 5.12. The minimum absolute atomic E-state index is 0.636. The van der Waals surface area contributed by atoms with E-state index in [0.29, 0.717) is 6.61 Å². The molecule has 2 aromatic heterocycles. The average Bonchev–Trinajstić information content (AvgIpc) is 2.74. The van der Waals surface area contributed by atoms with E-state index in [-0.39, 0.29) is 0 Å². The summed E-state index contributed by atoms with van der Waals surface area (Å²) in [5.41, 5.74) is 1.81. The van der Waals surface area contributed by atoms with Crippen LogP contribution in [0.1, 0.15) is 5.69 Å². The second-order valence-electron chi connectivity index (χ2n) is 3.50. The molecule has 0 aliphatic rings. The largest absolute Gasteiger partial charge is 0.383 e. The van der Waals surface area contributed by atoms with Crippen LogP contribution in [0, 0.1) is 6.92 Å². The van der Waals surface area contributed by atoms with Gasteiger partial charge in [-0.25, -0.2) is 4.98 Å². The van der Waals surface area contributed by atoms with Gasteiger partial charge in [-0.1, -0.05) is 6.07 Å². The molecular formula is C11H14N4O. The van der Waals surface area contributed by atoms with Crippen LogP contribution in [0.3, 0.4) is 0 Å². The fourth-order valence-electron chi connectivity index (χ4n) is 1.47. The number of aryl methyl sites for hydroxylation is 1. The van der Waals surface area contributed by atoms with E-state index in [1.807, 2.05) is 29.7 Å². The molecule has 0 bridgehead atoms. The molecule has 0 saturated heterocycles. The summed E-state index contributed by atoms with van der Waals surface area (Å²) in [5, 5.41) is 7.97. The Kier molecular flexibility index (Phi) is 3.26. The molecule has 0 spiro atoms. The lowest BCUT2D eigenvalue weighted by atomic mass is 10.3. The fourth-order valence-corrected chi connectivity index (χ4v) is 1.47. The van der Waals surface area contributed by atoms with Crippen LogP contribution in [0.2, 0.25) is 0 Å². The van der Waals surface area contributed by atoms with Crippen molar-refractivity contribution in [3.05, 3.63) is 30.2 Å². The summed E-state index contributed by atoms with van der Waals surface area (Å²) in [6, 6.07) is 5.85. The maximum atomic E-state index is 5.03. The smallest absolute Gasteiger partial charge is 0.182 e. The summed E-state index contributed by atoms with van der Waals surface area (Å²) in [6.07, 6.45) is 1.69. The van der Waals surface area contributed by atoms with Crippen LogP contribution < -0.4 is 0 Å². The number of methoxy groups -OCH3 is 1. The van der Waals surface area contributed by atoms with E-state index in [4.69, 9.17) is 4.74 Å². The molecule has 0 aliphatic carbocycles. The van der Waals surface area contributed by atoms with Crippen LogP contribution in [0.25, 0.3) is 11.5 Å². The second kappa shape index (κ2) is 4.85. The Morgan fingerprint density at radius 1 is 1.38 bits per heavy atom. The summed E-state index contributed by atoms with van der Waals surface area (Å²) < 4.78 is 6.97. The van der Waals surface area contributed by atoms with Gasteiger partial charge >= 0.3 is 0 Å². The molecule has 0 aromatic carbocycles. The van der Waals surface area contributed by atoms with Crippen molar-refractivity contribution in [1.82, 2.24) is 19.7 Å². The molecule has 0 fully saturated rings. The highest BCUT2D eigenvalue weighted by molar-refractivity contribution is 5.48. The molecule has 5 nitrogen and oxygen atoms in total. The van der Waals surface area contributed by atoms with E-state index in [1.165, 1.54) is 0 Å². The molecule has 0 saturated carbocycles. The highest BCUT2D eigenvalue weighted by Crippen LogP contribution is 2.13. The predicted octanol–water partition coefficient (Wildman–Crippen LogP) is 1.29. The molecule has 2 rings (SSSR count). The number of nitrogens with zero attached hydrogens (tertiary/aromatic N) is 4. The van der Waals surface area contributed by atoms with E-state index < -0.39 is 0 Å². The number of rotatable bonds is 4. The quantitative estimate of drug-likeness (QED) is 0.776. The molecule has 0 atom stereocenters. The van der Waals surface area contributed by atoms with Crippen LogP contribution >= 0.6 is 0 Å². The molecule has 5 heteroatoms. The lowest BCUT2D eigenvalue weighted by molar-refractivity contribution is 0.187. The third kappa shape index (κ3) is 2.25. The van der Waals surface area contributed by atoms with Gasteiger partial charge in [-0.2, -0.15) is 0 Å². The van der Waals surface area contributed by atoms with Crippen LogP contribution in [-0.4, -0.2) is 33.5 Å². The second-order valence-corrected chi connectivity index (χ2v) is 3.50. The Morgan fingerprint density at radius 2 is 2.25 bits per heavy atom. The van der Waals surface area contributed by atoms with Crippen molar-refractivity contribution in [1.29, 1.82) is 0 Å². The highest BCUT2D eigenvalue weighted by atomic mass is 16.5. The van der Waals surface area contributed by atoms with E-state index in [0.717, 1.165) is 23.8 Å². The van der Waals surface area contributed by atoms with Crippen molar-refractivity contribution >= 4 is 0 Å². The summed E-state index contributed by atoms with van der Waals surface area (Å²) in [7, 11) is 1.68. The van der Waals surface area contributed by atoms with Crippen LogP contribution in [0.5, 0.6) is 0 Å². The third-order valence-corrected chi connectivity index (χ3v) is 2.27. The van der Waals surface area contributed by atoms with Crippen molar-refractivity contribution in [2.45, 2.75) is 13.5 Å². The van der Waals surface area contributed by atoms with Gasteiger partial charge < -0.3 is 9.30 Å². The minimum Gasteiger partial charge on any atom is -0.383 e. The van der Waals surface area contributed by atoms with E-state index in [9.17, 15) is 0 Å². The van der Waals surface area contributed by atoms with Crippen molar-refractivity contribution < 1.29 is 4.74 Å². The van der Waals surface area contributed by atoms with Crippen LogP contribution in [0.4, 0.5) is 0 Å². The summed E-state index contributed by atoms with van der Waals surface area (Å²) in [6.45, 7) is 3.32. The van der Waals surface area contributed by atoms with Gasteiger partial charge in [-0.15, -0.1) is 10.2 Å². The molecule has 0 radical (unpaired) electrons. The summed E-state index contributed by atoms with van der Waals surface area (Å²) in [4.78, 5) is 4.42. The Hall–Kier alpha value is -1.75. The van der Waals surface area contributed by atoms with Crippen molar-refractivity contribution in [3.8, 4) is 11.5 Å². The van der Waals surface area contributed by atoms with Gasteiger partial charge in [0, 0.05) is 19.3 Å². The minimum atomic E-state index is 0.636. The van der Waals surface area contributed by atoms with Gasteiger partial charge in [0.25, 0.3) is 0 Å². The van der Waals surface area contributed by atoms with Gasteiger partial charge in [-0.3, -0.25) is 0 Å². The number of aromatic nitrogens is 4.